The molecule has 1 aliphatic rings. The van der Waals surface area contributed by atoms with Crippen LogP contribution in [0.4, 0.5) is 10.9 Å². The van der Waals surface area contributed by atoms with Crippen molar-refractivity contribution >= 4 is 40.0 Å². The smallest absolute Gasteiger partial charge is 0.251 e. The number of pyridine rings is 1. The maximum Gasteiger partial charge on any atom is 0.251 e. The Morgan fingerprint density at radius 3 is 2.91 bits per heavy atom. The molecule has 172 valence electrons. The maximum atomic E-state index is 13.0. The third-order valence-electron chi connectivity index (χ3n) is 5.56. The number of fused-ring (bicyclic) bond motifs is 1. The van der Waals surface area contributed by atoms with E-state index < -0.39 is 0 Å². The summed E-state index contributed by atoms with van der Waals surface area (Å²) in [5, 5.41) is 7.10. The van der Waals surface area contributed by atoms with Crippen molar-refractivity contribution < 1.29 is 9.53 Å². The highest BCUT2D eigenvalue weighted by molar-refractivity contribution is 8.01. The lowest BCUT2D eigenvalue weighted by molar-refractivity contribution is 0.0938. The normalized spacial score (nSPS) is 14.7. The van der Waals surface area contributed by atoms with Crippen molar-refractivity contribution in [3.05, 3.63) is 89.7 Å². The van der Waals surface area contributed by atoms with Crippen molar-refractivity contribution in [2.45, 2.75) is 22.4 Å². The zero-order chi connectivity index (χ0) is 23.3. The van der Waals surface area contributed by atoms with Crippen LogP contribution in [-0.4, -0.2) is 29.0 Å². The van der Waals surface area contributed by atoms with E-state index in [9.17, 15) is 4.79 Å². The van der Waals surface area contributed by atoms with E-state index >= 15 is 0 Å². The number of aromatic nitrogens is 2. The molecule has 1 amide bonds. The van der Waals surface area contributed by atoms with Crippen molar-refractivity contribution in [1.82, 2.24) is 15.3 Å². The average molecular weight is 489 g/mol. The summed E-state index contributed by atoms with van der Waals surface area (Å²) in [6.07, 6.45) is 4.48. The number of carbonyl (C=O) groups is 1. The second-order valence-corrected chi connectivity index (χ2v) is 10.5. The van der Waals surface area contributed by atoms with Crippen LogP contribution >= 0.6 is 23.1 Å². The number of rotatable bonds is 7. The number of para-hydroxylation sites is 1. The zero-order valence-corrected chi connectivity index (χ0v) is 20.3. The van der Waals surface area contributed by atoms with E-state index in [1.807, 2.05) is 67.7 Å². The molecule has 0 saturated carbocycles. The van der Waals surface area contributed by atoms with Gasteiger partial charge in [0.25, 0.3) is 5.91 Å². The van der Waals surface area contributed by atoms with Gasteiger partial charge in [-0.15, -0.1) is 0 Å². The molecule has 2 aromatic carbocycles. The van der Waals surface area contributed by atoms with Gasteiger partial charge in [-0.2, -0.15) is 0 Å². The van der Waals surface area contributed by atoms with Gasteiger partial charge >= 0.3 is 0 Å². The van der Waals surface area contributed by atoms with Gasteiger partial charge in [0.05, 0.1) is 17.0 Å². The topological polar surface area (TPSA) is 76.1 Å². The molecule has 0 saturated heterocycles. The Bertz CT molecular complexity index is 1290. The fourth-order valence-electron chi connectivity index (χ4n) is 3.79. The molecule has 34 heavy (non-hydrogen) atoms. The molecule has 8 heteroatoms. The molecule has 3 heterocycles. The summed E-state index contributed by atoms with van der Waals surface area (Å²) in [6.45, 7) is 3.17. The highest BCUT2D eigenvalue weighted by Gasteiger charge is 2.21. The number of nitrogens with zero attached hydrogens (tertiary/aromatic N) is 2. The third-order valence-corrected chi connectivity index (χ3v) is 7.57. The predicted molar refractivity (Wildman–Crippen MR) is 136 cm³/mol. The van der Waals surface area contributed by atoms with Crippen molar-refractivity contribution in [3.8, 4) is 5.75 Å². The number of amides is 1. The van der Waals surface area contributed by atoms with E-state index in [4.69, 9.17) is 4.74 Å². The highest BCUT2D eigenvalue weighted by atomic mass is 32.2. The Kier molecular flexibility index (Phi) is 6.78. The van der Waals surface area contributed by atoms with Crippen LogP contribution in [0.5, 0.6) is 5.75 Å². The van der Waals surface area contributed by atoms with Crippen LogP contribution in [0.3, 0.4) is 0 Å². The van der Waals surface area contributed by atoms with Crippen LogP contribution in [0.2, 0.25) is 0 Å². The van der Waals surface area contributed by atoms with Gasteiger partial charge in [0, 0.05) is 29.1 Å². The van der Waals surface area contributed by atoms with Crippen LogP contribution < -0.4 is 15.4 Å². The van der Waals surface area contributed by atoms with E-state index in [1.54, 1.807) is 29.3 Å². The van der Waals surface area contributed by atoms with Crippen molar-refractivity contribution in [1.29, 1.82) is 0 Å². The SMILES string of the molecule is Cc1ccc(Sc2cnc(Nc3ccccn3)s2)cc1C(=O)NCC1COc2ccccc2C1. The van der Waals surface area contributed by atoms with Gasteiger partial charge < -0.3 is 15.4 Å². The molecule has 6 nitrogen and oxygen atoms in total. The first kappa shape index (κ1) is 22.4. The van der Waals surface area contributed by atoms with Gasteiger partial charge in [0.15, 0.2) is 5.13 Å². The van der Waals surface area contributed by atoms with Gasteiger partial charge in [-0.1, -0.05) is 53.4 Å². The minimum absolute atomic E-state index is 0.0550. The number of nitrogens with one attached hydrogen (secondary N) is 2. The predicted octanol–water partition coefficient (Wildman–Crippen LogP) is 5.72. The molecule has 0 spiro atoms. The van der Waals surface area contributed by atoms with E-state index in [0.29, 0.717) is 18.7 Å². The van der Waals surface area contributed by atoms with Crippen LogP contribution in [0.1, 0.15) is 21.5 Å². The Morgan fingerprint density at radius 1 is 1.15 bits per heavy atom. The van der Waals surface area contributed by atoms with Crippen LogP contribution in [0.25, 0.3) is 0 Å². The van der Waals surface area contributed by atoms with Crippen LogP contribution in [-0.2, 0) is 6.42 Å². The first-order valence-electron chi connectivity index (χ1n) is 11.1. The average Bonchev–Trinajstić information content (AvgIpc) is 3.30. The monoisotopic (exact) mass is 488 g/mol. The summed E-state index contributed by atoms with van der Waals surface area (Å²) in [4.78, 5) is 22.7. The molecule has 4 aromatic rings. The fraction of sp³-hybridized carbons (Fsp3) is 0.192. The molecular weight excluding hydrogens is 464 g/mol. The van der Waals surface area contributed by atoms with Crippen molar-refractivity contribution in [2.75, 3.05) is 18.5 Å². The summed E-state index contributed by atoms with van der Waals surface area (Å²) in [5.41, 5.74) is 2.84. The number of hydrogen-bond donors (Lipinski definition) is 2. The maximum absolute atomic E-state index is 13.0. The number of carbonyl (C=O) groups excluding carboxylic acids is 1. The van der Waals surface area contributed by atoms with Gasteiger partial charge in [0.2, 0.25) is 0 Å². The van der Waals surface area contributed by atoms with Gasteiger partial charge in [-0.3, -0.25) is 4.79 Å². The zero-order valence-electron chi connectivity index (χ0n) is 18.7. The molecule has 1 aliphatic heterocycles. The van der Waals surface area contributed by atoms with E-state index in [0.717, 1.165) is 37.8 Å². The molecule has 5 rings (SSSR count). The van der Waals surface area contributed by atoms with Gasteiger partial charge in [-0.05, 0) is 54.8 Å². The van der Waals surface area contributed by atoms with E-state index in [2.05, 4.69) is 26.7 Å². The minimum atomic E-state index is -0.0550. The van der Waals surface area contributed by atoms with Crippen LogP contribution in [0, 0.1) is 12.8 Å². The first-order chi connectivity index (χ1) is 16.6. The summed E-state index contributed by atoms with van der Waals surface area (Å²) in [5.74, 6) is 1.92. The molecule has 1 unspecified atom stereocenters. The number of anilines is 2. The summed E-state index contributed by atoms with van der Waals surface area (Å²) >= 11 is 3.14. The van der Waals surface area contributed by atoms with Crippen molar-refractivity contribution in [2.24, 2.45) is 5.92 Å². The van der Waals surface area contributed by atoms with E-state index in [1.165, 1.54) is 5.56 Å². The molecule has 2 N–H and O–H groups in total. The Morgan fingerprint density at radius 2 is 2.03 bits per heavy atom. The lowest BCUT2D eigenvalue weighted by atomic mass is 9.96. The second kappa shape index (κ2) is 10.3. The number of hydrogen-bond acceptors (Lipinski definition) is 7. The molecule has 0 fully saturated rings. The molecule has 2 aromatic heterocycles. The summed E-state index contributed by atoms with van der Waals surface area (Å²) in [6, 6.07) is 19.8. The quantitative estimate of drug-likeness (QED) is 0.346. The number of benzene rings is 2. The third kappa shape index (κ3) is 5.40. The Hall–Kier alpha value is -3.36. The largest absolute Gasteiger partial charge is 0.493 e. The minimum Gasteiger partial charge on any atom is -0.493 e. The van der Waals surface area contributed by atoms with Gasteiger partial charge in [-0.25, -0.2) is 9.97 Å². The standard InChI is InChI=1S/C26H24N4O2S2/c1-17-9-10-20(33-24-15-29-26(34-24)30-23-8-4-5-11-27-23)13-21(17)25(31)28-14-18-12-19-6-2-3-7-22(19)32-16-18/h2-11,13,15,18H,12,14,16H2,1H3,(H,28,31)(H,27,29,30). The van der Waals surface area contributed by atoms with Gasteiger partial charge in [0.1, 0.15) is 11.6 Å². The highest BCUT2D eigenvalue weighted by Crippen LogP contribution is 2.35. The Labute approximate surface area is 206 Å². The molecule has 0 bridgehead atoms. The second-order valence-electron chi connectivity index (χ2n) is 8.10. The summed E-state index contributed by atoms with van der Waals surface area (Å²) < 4.78 is 6.89. The first-order valence-corrected chi connectivity index (χ1v) is 12.7. The number of thiazole rings is 1. The molecule has 1 atom stereocenters. The lowest BCUT2D eigenvalue weighted by Gasteiger charge is -2.25. The van der Waals surface area contributed by atoms with Crippen LogP contribution in [0.15, 0.2) is 82.2 Å². The molecular formula is C26H24N4O2S2. The van der Waals surface area contributed by atoms with E-state index in [-0.39, 0.29) is 11.8 Å². The number of aryl methyl sites for hydroxylation is 1. The summed E-state index contributed by atoms with van der Waals surface area (Å²) in [7, 11) is 0. The fourth-order valence-corrected chi connectivity index (χ4v) is 5.69. The molecule has 0 radical (unpaired) electrons. The molecule has 0 aliphatic carbocycles. The lowest BCUT2D eigenvalue weighted by Crippen LogP contribution is -2.35. The van der Waals surface area contributed by atoms with Crippen molar-refractivity contribution in [3.63, 3.8) is 0 Å². The Balaban J connectivity index is 1.20. The number of ether oxygens (including phenoxy) is 1.